The van der Waals surface area contributed by atoms with Gasteiger partial charge in [-0.15, -0.1) is 13.2 Å². The normalized spacial score (nSPS) is 11.7. The van der Waals surface area contributed by atoms with Crippen LogP contribution >= 0.6 is 0 Å². The molecular formula is C8H5F5N2O4. The summed E-state index contributed by atoms with van der Waals surface area (Å²) in [5.41, 5.74) is -2.30. The van der Waals surface area contributed by atoms with Gasteiger partial charge in [-0.05, 0) is 9.91 Å². The van der Waals surface area contributed by atoms with Crippen molar-refractivity contribution in [1.82, 2.24) is 4.98 Å². The average molecular weight is 288 g/mol. The van der Waals surface area contributed by atoms with Crippen LogP contribution in [0.5, 0.6) is 5.75 Å². The molecule has 0 spiro atoms. The van der Waals surface area contributed by atoms with Gasteiger partial charge in [0.1, 0.15) is 5.75 Å². The Labute approximate surface area is 101 Å². The first-order valence-corrected chi connectivity index (χ1v) is 4.48. The highest BCUT2D eigenvalue weighted by Gasteiger charge is 2.36. The Bertz CT molecular complexity index is 491. The summed E-state index contributed by atoms with van der Waals surface area (Å²) in [6.45, 7) is -1.24. The monoisotopic (exact) mass is 288 g/mol. The molecule has 19 heavy (non-hydrogen) atoms. The highest BCUT2D eigenvalue weighted by molar-refractivity contribution is 5.43. The van der Waals surface area contributed by atoms with Gasteiger partial charge in [-0.3, -0.25) is 0 Å². The zero-order valence-corrected chi connectivity index (χ0v) is 8.82. The second kappa shape index (κ2) is 5.30. The molecule has 1 aromatic heterocycles. The summed E-state index contributed by atoms with van der Waals surface area (Å²) in [7, 11) is 0. The highest BCUT2D eigenvalue weighted by Crippen LogP contribution is 2.34. The summed E-state index contributed by atoms with van der Waals surface area (Å²) in [5, 5.41) is 19.2. The molecular weight excluding hydrogens is 283 g/mol. The molecule has 1 N–H and O–H groups in total. The SMILES string of the molecule is O=[N+]([O-])c1cc(OC(F)(F)F)c(CO)c(C(F)F)n1. The third kappa shape index (κ3) is 3.71. The van der Waals surface area contributed by atoms with E-state index in [9.17, 15) is 32.1 Å². The Morgan fingerprint density at radius 3 is 2.42 bits per heavy atom. The van der Waals surface area contributed by atoms with E-state index in [2.05, 4.69) is 9.72 Å². The van der Waals surface area contributed by atoms with E-state index in [0.717, 1.165) is 0 Å². The maximum atomic E-state index is 12.5. The van der Waals surface area contributed by atoms with Crippen molar-refractivity contribution in [2.45, 2.75) is 19.4 Å². The van der Waals surface area contributed by atoms with Crippen molar-refractivity contribution in [2.75, 3.05) is 0 Å². The minimum atomic E-state index is -5.25. The predicted octanol–water partition coefficient (Wildman–Crippen LogP) is 2.32. The molecule has 11 heteroatoms. The van der Waals surface area contributed by atoms with E-state index in [1.165, 1.54) is 0 Å². The van der Waals surface area contributed by atoms with Gasteiger partial charge in [0.05, 0.1) is 18.2 Å². The Kier molecular flexibility index (Phi) is 4.19. The van der Waals surface area contributed by atoms with Crippen LogP contribution in [0.2, 0.25) is 0 Å². The molecule has 0 unspecified atom stereocenters. The third-order valence-corrected chi connectivity index (χ3v) is 1.88. The molecule has 1 aromatic rings. The van der Waals surface area contributed by atoms with Crippen LogP contribution in [-0.2, 0) is 6.61 Å². The number of halogens is 5. The minimum Gasteiger partial charge on any atom is -0.405 e. The van der Waals surface area contributed by atoms with Gasteiger partial charge in [0.25, 0.3) is 0 Å². The van der Waals surface area contributed by atoms with E-state index < -0.39 is 47.1 Å². The zero-order chi connectivity index (χ0) is 14.8. The van der Waals surface area contributed by atoms with Crippen molar-refractivity contribution < 1.29 is 36.7 Å². The van der Waals surface area contributed by atoms with Crippen LogP contribution in [0.15, 0.2) is 6.07 Å². The van der Waals surface area contributed by atoms with Gasteiger partial charge in [-0.2, -0.15) is 0 Å². The van der Waals surface area contributed by atoms with Crippen LogP contribution in [0.1, 0.15) is 17.7 Å². The minimum absolute atomic E-state index is 0.213. The number of rotatable bonds is 4. The molecule has 0 aliphatic rings. The molecule has 0 saturated heterocycles. The van der Waals surface area contributed by atoms with Crippen LogP contribution in [0.25, 0.3) is 0 Å². The number of hydrogen-bond acceptors (Lipinski definition) is 5. The lowest BCUT2D eigenvalue weighted by molar-refractivity contribution is -0.390. The smallest absolute Gasteiger partial charge is 0.405 e. The van der Waals surface area contributed by atoms with Gasteiger partial charge in [0.2, 0.25) is 5.69 Å². The van der Waals surface area contributed by atoms with Crippen LogP contribution in [0.4, 0.5) is 27.8 Å². The van der Waals surface area contributed by atoms with Gasteiger partial charge >= 0.3 is 18.6 Å². The van der Waals surface area contributed by atoms with Gasteiger partial charge in [0, 0.05) is 0 Å². The fourth-order valence-electron chi connectivity index (χ4n) is 1.20. The summed E-state index contributed by atoms with van der Waals surface area (Å²) < 4.78 is 64.6. The second-order valence-electron chi connectivity index (χ2n) is 3.11. The zero-order valence-electron chi connectivity index (χ0n) is 8.82. The number of aliphatic hydroxyl groups excluding tert-OH is 1. The maximum Gasteiger partial charge on any atom is 0.573 e. The maximum absolute atomic E-state index is 12.5. The lowest BCUT2D eigenvalue weighted by Gasteiger charge is -2.12. The fraction of sp³-hybridized carbons (Fsp3) is 0.375. The molecule has 1 rings (SSSR count). The predicted molar refractivity (Wildman–Crippen MR) is 48.5 cm³/mol. The average Bonchev–Trinajstić information content (AvgIpc) is 2.25. The lowest BCUT2D eigenvalue weighted by atomic mass is 10.2. The van der Waals surface area contributed by atoms with Gasteiger partial charge < -0.3 is 20.0 Å². The van der Waals surface area contributed by atoms with E-state index in [-0.39, 0.29) is 6.07 Å². The van der Waals surface area contributed by atoms with Crippen LogP contribution < -0.4 is 4.74 Å². The van der Waals surface area contributed by atoms with E-state index >= 15 is 0 Å². The van der Waals surface area contributed by atoms with Crippen molar-refractivity contribution in [1.29, 1.82) is 0 Å². The van der Waals surface area contributed by atoms with E-state index in [4.69, 9.17) is 5.11 Å². The van der Waals surface area contributed by atoms with Crippen molar-refractivity contribution in [2.24, 2.45) is 0 Å². The van der Waals surface area contributed by atoms with Crippen LogP contribution in [0, 0.1) is 10.1 Å². The molecule has 6 nitrogen and oxygen atoms in total. The molecule has 0 saturated carbocycles. The number of hydrogen-bond donors (Lipinski definition) is 1. The number of nitro groups is 1. The van der Waals surface area contributed by atoms with E-state index in [0.29, 0.717) is 0 Å². The Balaban J connectivity index is 3.44. The molecule has 0 aromatic carbocycles. The summed E-state index contributed by atoms with van der Waals surface area (Å²) >= 11 is 0. The van der Waals surface area contributed by atoms with Crippen LogP contribution in [-0.4, -0.2) is 21.4 Å². The Morgan fingerprint density at radius 1 is 1.47 bits per heavy atom. The van der Waals surface area contributed by atoms with E-state index in [1.54, 1.807) is 0 Å². The van der Waals surface area contributed by atoms with Crippen molar-refractivity contribution in [3.8, 4) is 5.75 Å². The molecule has 0 bridgehead atoms. The largest absolute Gasteiger partial charge is 0.573 e. The quantitative estimate of drug-likeness (QED) is 0.522. The van der Waals surface area contributed by atoms with Crippen molar-refractivity contribution >= 4 is 5.82 Å². The fourth-order valence-corrected chi connectivity index (χ4v) is 1.20. The Morgan fingerprint density at radius 2 is 2.05 bits per heavy atom. The highest BCUT2D eigenvalue weighted by atomic mass is 19.4. The number of nitrogens with zero attached hydrogens (tertiary/aromatic N) is 2. The topological polar surface area (TPSA) is 85.5 Å². The number of aromatic nitrogens is 1. The van der Waals surface area contributed by atoms with Gasteiger partial charge in [-0.1, -0.05) is 0 Å². The molecule has 1 heterocycles. The molecule has 0 fully saturated rings. The van der Waals surface area contributed by atoms with E-state index in [1.807, 2.05) is 0 Å². The number of alkyl halides is 5. The van der Waals surface area contributed by atoms with Crippen molar-refractivity contribution in [3.05, 3.63) is 27.4 Å². The molecule has 0 radical (unpaired) electrons. The van der Waals surface area contributed by atoms with Crippen LogP contribution in [0.3, 0.4) is 0 Å². The molecule has 0 amide bonds. The first-order valence-electron chi connectivity index (χ1n) is 4.48. The summed E-state index contributed by atoms with van der Waals surface area (Å²) in [6, 6.07) is 0.213. The molecule has 0 aliphatic heterocycles. The Hall–Kier alpha value is -2.04. The number of aliphatic hydroxyl groups is 1. The first kappa shape index (κ1) is 15.0. The standard InChI is InChI=1S/C8H5F5N2O4/c9-7(10)6-3(2-16)4(19-8(11,12)13)1-5(14-6)15(17)18/h1,7,16H,2H2. The second-order valence-corrected chi connectivity index (χ2v) is 3.11. The summed E-state index contributed by atoms with van der Waals surface area (Å²) in [5.74, 6) is -2.53. The molecule has 0 atom stereocenters. The lowest BCUT2D eigenvalue weighted by Crippen LogP contribution is -2.19. The number of pyridine rings is 1. The molecule has 0 aliphatic carbocycles. The molecule has 106 valence electrons. The summed E-state index contributed by atoms with van der Waals surface area (Å²) in [4.78, 5) is 12.0. The van der Waals surface area contributed by atoms with Crippen molar-refractivity contribution in [3.63, 3.8) is 0 Å². The summed E-state index contributed by atoms with van der Waals surface area (Å²) in [6.07, 6.45) is -8.66. The van der Waals surface area contributed by atoms with Gasteiger partial charge in [0.15, 0.2) is 0 Å². The number of ether oxygens (including phenoxy) is 1. The van der Waals surface area contributed by atoms with Gasteiger partial charge in [-0.25, -0.2) is 8.78 Å². The first-order chi connectivity index (χ1) is 8.65. The third-order valence-electron chi connectivity index (χ3n) is 1.88.